The van der Waals surface area contributed by atoms with Crippen LogP contribution in [-0.2, 0) is 4.79 Å². The number of nitrogens with zero attached hydrogens (tertiary/aromatic N) is 3. The normalized spacial score (nSPS) is 11.9. The molecule has 1 unspecified atom stereocenters. The van der Waals surface area contributed by atoms with Gasteiger partial charge in [0.1, 0.15) is 5.75 Å². The first-order valence-corrected chi connectivity index (χ1v) is 9.80. The number of amides is 1. The van der Waals surface area contributed by atoms with Gasteiger partial charge in [-0.15, -0.1) is 10.2 Å². The Kier molecular flexibility index (Phi) is 6.33. The SMILES string of the molecule is COc1ccc(-c2nnc(SC(C)C(=O)Nc3cc(Cl)ccc3Cl)n2N)cc1. The minimum atomic E-state index is -0.495. The minimum absolute atomic E-state index is 0.261. The van der Waals surface area contributed by atoms with Crippen LogP contribution in [0, 0.1) is 0 Å². The van der Waals surface area contributed by atoms with E-state index in [0.717, 1.165) is 11.3 Å². The van der Waals surface area contributed by atoms with Crippen molar-refractivity contribution in [2.45, 2.75) is 17.3 Å². The van der Waals surface area contributed by atoms with Crippen molar-refractivity contribution < 1.29 is 9.53 Å². The smallest absolute Gasteiger partial charge is 0.237 e. The van der Waals surface area contributed by atoms with Gasteiger partial charge in [-0.2, -0.15) is 0 Å². The summed E-state index contributed by atoms with van der Waals surface area (Å²) in [5, 5.41) is 11.8. The highest BCUT2D eigenvalue weighted by Crippen LogP contribution is 2.29. The second kappa shape index (κ2) is 8.72. The first-order chi connectivity index (χ1) is 13.4. The van der Waals surface area contributed by atoms with Gasteiger partial charge in [0.05, 0.1) is 23.1 Å². The number of aromatic nitrogens is 3. The number of nitrogens with two attached hydrogens (primary N) is 1. The number of rotatable bonds is 6. The number of carbonyl (C=O) groups excluding carboxylic acids is 1. The van der Waals surface area contributed by atoms with Gasteiger partial charge in [0.2, 0.25) is 11.1 Å². The summed E-state index contributed by atoms with van der Waals surface area (Å²) in [6, 6.07) is 12.1. The van der Waals surface area contributed by atoms with Crippen molar-refractivity contribution in [2.24, 2.45) is 0 Å². The second-order valence-corrected chi connectivity index (χ2v) is 7.93. The van der Waals surface area contributed by atoms with Gasteiger partial charge >= 0.3 is 0 Å². The molecule has 1 heterocycles. The maximum absolute atomic E-state index is 12.5. The fraction of sp³-hybridized carbons (Fsp3) is 0.167. The molecule has 1 aromatic heterocycles. The summed E-state index contributed by atoms with van der Waals surface area (Å²) in [6.45, 7) is 1.74. The zero-order valence-electron chi connectivity index (χ0n) is 15.0. The van der Waals surface area contributed by atoms with E-state index in [1.54, 1.807) is 32.2 Å². The van der Waals surface area contributed by atoms with E-state index in [1.165, 1.54) is 16.4 Å². The molecule has 0 bridgehead atoms. The van der Waals surface area contributed by atoms with Crippen molar-refractivity contribution in [3.05, 3.63) is 52.5 Å². The molecule has 0 aliphatic rings. The molecule has 28 heavy (non-hydrogen) atoms. The Hall–Kier alpha value is -2.42. The number of nitrogens with one attached hydrogen (secondary N) is 1. The number of anilines is 1. The molecule has 0 saturated carbocycles. The molecule has 146 valence electrons. The lowest BCUT2D eigenvalue weighted by Gasteiger charge is -2.12. The van der Waals surface area contributed by atoms with Crippen LogP contribution in [0.2, 0.25) is 10.0 Å². The van der Waals surface area contributed by atoms with E-state index in [9.17, 15) is 4.79 Å². The standard InChI is InChI=1S/C18H17Cl2N5O2S/c1-10(17(26)22-15-9-12(19)5-8-14(15)20)28-18-24-23-16(25(18)21)11-3-6-13(27-2)7-4-11/h3-10H,21H2,1-2H3,(H,22,26). The molecule has 7 nitrogen and oxygen atoms in total. The van der Waals surface area contributed by atoms with Crippen molar-refractivity contribution in [1.29, 1.82) is 0 Å². The Morgan fingerprint density at radius 1 is 1.21 bits per heavy atom. The third kappa shape index (κ3) is 4.52. The van der Waals surface area contributed by atoms with Gasteiger partial charge in [-0.05, 0) is 49.4 Å². The van der Waals surface area contributed by atoms with E-state index in [0.29, 0.717) is 26.7 Å². The maximum Gasteiger partial charge on any atom is 0.237 e. The molecule has 0 aliphatic heterocycles. The summed E-state index contributed by atoms with van der Waals surface area (Å²) in [5.74, 6) is 7.07. The van der Waals surface area contributed by atoms with E-state index in [2.05, 4.69) is 15.5 Å². The summed E-state index contributed by atoms with van der Waals surface area (Å²) < 4.78 is 6.49. The maximum atomic E-state index is 12.5. The first kappa shape index (κ1) is 20.3. The van der Waals surface area contributed by atoms with Crippen molar-refractivity contribution >= 4 is 46.6 Å². The van der Waals surface area contributed by atoms with Crippen LogP contribution in [0.15, 0.2) is 47.6 Å². The lowest BCUT2D eigenvalue weighted by atomic mass is 10.2. The molecule has 3 rings (SSSR count). The zero-order chi connectivity index (χ0) is 20.3. The third-order valence-corrected chi connectivity index (χ3v) is 5.47. The number of ether oxygens (including phenoxy) is 1. The monoisotopic (exact) mass is 437 g/mol. The number of methoxy groups -OCH3 is 1. The van der Waals surface area contributed by atoms with E-state index in [4.69, 9.17) is 33.8 Å². The zero-order valence-corrected chi connectivity index (χ0v) is 17.3. The molecule has 2 aromatic carbocycles. The van der Waals surface area contributed by atoms with Crippen molar-refractivity contribution in [3.63, 3.8) is 0 Å². The van der Waals surface area contributed by atoms with Crippen molar-refractivity contribution in [2.75, 3.05) is 18.3 Å². The predicted molar refractivity (Wildman–Crippen MR) is 113 cm³/mol. The van der Waals surface area contributed by atoms with Gasteiger partial charge in [-0.3, -0.25) is 4.79 Å². The highest BCUT2D eigenvalue weighted by atomic mass is 35.5. The van der Waals surface area contributed by atoms with E-state index >= 15 is 0 Å². The lowest BCUT2D eigenvalue weighted by Crippen LogP contribution is -2.23. The number of hydrogen-bond donors (Lipinski definition) is 2. The summed E-state index contributed by atoms with van der Waals surface area (Å²) in [5.41, 5.74) is 1.23. The molecule has 0 aliphatic carbocycles. The second-order valence-electron chi connectivity index (χ2n) is 5.78. The molecule has 0 saturated heterocycles. The Balaban J connectivity index is 1.71. The van der Waals surface area contributed by atoms with Crippen LogP contribution in [-0.4, -0.2) is 33.1 Å². The molecule has 1 atom stereocenters. The number of carbonyl (C=O) groups is 1. The number of thioether (sulfide) groups is 1. The molecule has 3 aromatic rings. The molecule has 0 fully saturated rings. The third-order valence-electron chi connectivity index (χ3n) is 3.85. The summed E-state index contributed by atoms with van der Waals surface area (Å²) >= 11 is 13.2. The molecule has 10 heteroatoms. The number of halogens is 2. The minimum Gasteiger partial charge on any atom is -0.497 e. The highest BCUT2D eigenvalue weighted by Gasteiger charge is 2.21. The van der Waals surface area contributed by atoms with Crippen LogP contribution in [0.5, 0.6) is 5.75 Å². The van der Waals surface area contributed by atoms with Gasteiger partial charge in [-0.25, -0.2) is 4.68 Å². The van der Waals surface area contributed by atoms with Gasteiger partial charge in [0.15, 0.2) is 5.82 Å². The first-order valence-electron chi connectivity index (χ1n) is 8.16. The van der Waals surface area contributed by atoms with Crippen LogP contribution < -0.4 is 15.9 Å². The van der Waals surface area contributed by atoms with E-state index in [-0.39, 0.29) is 5.91 Å². The van der Waals surface area contributed by atoms with Gasteiger partial charge < -0.3 is 15.9 Å². The van der Waals surface area contributed by atoms with Crippen LogP contribution in [0.25, 0.3) is 11.4 Å². The Morgan fingerprint density at radius 2 is 1.93 bits per heavy atom. The summed E-state index contributed by atoms with van der Waals surface area (Å²) in [4.78, 5) is 12.5. The quantitative estimate of drug-likeness (QED) is 0.445. The number of benzene rings is 2. The number of hydrogen-bond acceptors (Lipinski definition) is 6. The highest BCUT2D eigenvalue weighted by molar-refractivity contribution is 8.00. The van der Waals surface area contributed by atoms with E-state index in [1.807, 2.05) is 24.3 Å². The molecular weight excluding hydrogens is 421 g/mol. The molecular formula is C18H17Cl2N5O2S. The molecule has 1 amide bonds. The van der Waals surface area contributed by atoms with Crippen molar-refractivity contribution in [3.8, 4) is 17.1 Å². The Bertz CT molecular complexity index is 994. The van der Waals surface area contributed by atoms with Gasteiger partial charge in [-0.1, -0.05) is 35.0 Å². The van der Waals surface area contributed by atoms with Crippen LogP contribution in [0.3, 0.4) is 0 Å². The Morgan fingerprint density at radius 3 is 2.61 bits per heavy atom. The fourth-order valence-corrected chi connectivity index (χ4v) is 3.44. The van der Waals surface area contributed by atoms with Crippen LogP contribution in [0.4, 0.5) is 5.69 Å². The average Bonchev–Trinajstić information content (AvgIpc) is 3.05. The average molecular weight is 438 g/mol. The molecule has 0 spiro atoms. The van der Waals surface area contributed by atoms with Gasteiger partial charge in [0.25, 0.3) is 0 Å². The Labute approximate surface area is 176 Å². The number of nitrogen functional groups attached to an aromatic ring is 1. The molecule has 0 radical (unpaired) electrons. The van der Waals surface area contributed by atoms with Crippen molar-refractivity contribution in [1.82, 2.24) is 14.9 Å². The van der Waals surface area contributed by atoms with E-state index < -0.39 is 5.25 Å². The van der Waals surface area contributed by atoms with Gasteiger partial charge in [0, 0.05) is 10.6 Å². The lowest BCUT2D eigenvalue weighted by molar-refractivity contribution is -0.115. The topological polar surface area (TPSA) is 95.1 Å². The summed E-state index contributed by atoms with van der Waals surface area (Å²) in [6.07, 6.45) is 0. The summed E-state index contributed by atoms with van der Waals surface area (Å²) in [7, 11) is 1.60. The van der Waals surface area contributed by atoms with Crippen LogP contribution in [0.1, 0.15) is 6.92 Å². The fourth-order valence-electron chi connectivity index (χ4n) is 2.33. The van der Waals surface area contributed by atoms with Crippen LogP contribution >= 0.6 is 35.0 Å². The predicted octanol–water partition coefficient (Wildman–Crippen LogP) is 4.09. The largest absolute Gasteiger partial charge is 0.497 e. The molecule has 3 N–H and O–H groups in total.